The second-order valence-electron chi connectivity index (χ2n) is 4.99. The van der Waals surface area contributed by atoms with Crippen LogP contribution in [-0.4, -0.2) is 9.46 Å². The summed E-state index contributed by atoms with van der Waals surface area (Å²) in [5, 5.41) is -0.0770. The average molecular weight is 255 g/mol. The molecule has 0 saturated heterocycles. The highest BCUT2D eigenvalue weighted by Crippen LogP contribution is 2.32. The van der Waals surface area contributed by atoms with Crippen LogP contribution in [0, 0.1) is 10.6 Å². The lowest BCUT2D eigenvalue weighted by Gasteiger charge is -2.27. The molecule has 1 aromatic rings. The summed E-state index contributed by atoms with van der Waals surface area (Å²) in [6, 6.07) is 4.62. The first kappa shape index (κ1) is 12.6. The van der Waals surface area contributed by atoms with E-state index in [1.165, 1.54) is 6.07 Å². The molecule has 1 aliphatic carbocycles. The normalized spacial score (nSPS) is 20.0. The molecule has 1 atom stereocenters. The van der Waals surface area contributed by atoms with Crippen LogP contribution < -0.4 is 0 Å². The summed E-state index contributed by atoms with van der Waals surface area (Å²) in [4.78, 5) is 0.351. The molecule has 2 nitrogen and oxygen atoms in total. The lowest BCUT2D eigenvalue weighted by molar-refractivity contribution is 0.499. The molecule has 94 valence electrons. The van der Waals surface area contributed by atoms with Crippen LogP contribution in [0.4, 0.5) is 4.39 Å². The third-order valence-corrected chi connectivity index (χ3v) is 5.83. The van der Waals surface area contributed by atoms with Gasteiger partial charge < -0.3 is 0 Å². The van der Waals surface area contributed by atoms with Crippen molar-refractivity contribution in [2.75, 3.05) is 0 Å². The molecule has 0 bridgehead atoms. The smallest absolute Gasteiger partial charge is 0.127 e. The zero-order valence-electron chi connectivity index (χ0n) is 10.2. The standard InChI is InChI=1S/C13H18FNOS/c1-9(2)12-7-6-11(8-13(12)14)17(15,16)10-4-3-5-10/h6-10,15H,3-5H2,1-2H3. The summed E-state index contributed by atoms with van der Waals surface area (Å²) in [5.41, 5.74) is 0.623. The molecule has 1 N–H and O–H groups in total. The third kappa shape index (κ3) is 2.23. The van der Waals surface area contributed by atoms with Gasteiger partial charge in [-0.2, -0.15) is 0 Å². The molecule has 2 rings (SSSR count). The number of hydrogen-bond donors (Lipinski definition) is 1. The lowest BCUT2D eigenvalue weighted by atomic mass is 10.00. The van der Waals surface area contributed by atoms with Gasteiger partial charge in [0.1, 0.15) is 5.82 Å². The van der Waals surface area contributed by atoms with Gasteiger partial charge in [0.15, 0.2) is 0 Å². The SMILES string of the molecule is CC(C)c1ccc(S(=N)(=O)C2CCC2)cc1F. The van der Waals surface area contributed by atoms with Crippen molar-refractivity contribution >= 4 is 9.73 Å². The molecule has 17 heavy (non-hydrogen) atoms. The van der Waals surface area contributed by atoms with Crippen molar-refractivity contribution in [3.63, 3.8) is 0 Å². The average Bonchev–Trinajstić information content (AvgIpc) is 2.13. The molecule has 4 heteroatoms. The van der Waals surface area contributed by atoms with Gasteiger partial charge >= 0.3 is 0 Å². The largest absolute Gasteiger partial charge is 0.249 e. The Bertz CT molecular complexity index is 518. The molecule has 0 aliphatic heterocycles. The fourth-order valence-corrected chi connectivity index (χ4v) is 3.99. The Balaban J connectivity index is 2.37. The Morgan fingerprint density at radius 1 is 1.41 bits per heavy atom. The van der Waals surface area contributed by atoms with Crippen molar-refractivity contribution in [2.45, 2.75) is 49.2 Å². The fraction of sp³-hybridized carbons (Fsp3) is 0.538. The fourth-order valence-electron chi connectivity index (χ4n) is 2.06. The monoisotopic (exact) mass is 255 g/mol. The molecule has 0 heterocycles. The van der Waals surface area contributed by atoms with Gasteiger partial charge in [-0.3, -0.25) is 0 Å². The van der Waals surface area contributed by atoms with Crippen molar-refractivity contribution in [1.29, 1.82) is 4.78 Å². The van der Waals surface area contributed by atoms with Crippen molar-refractivity contribution in [3.05, 3.63) is 29.6 Å². The van der Waals surface area contributed by atoms with Crippen molar-refractivity contribution in [2.24, 2.45) is 0 Å². The van der Waals surface area contributed by atoms with E-state index in [1.807, 2.05) is 13.8 Å². The topological polar surface area (TPSA) is 40.9 Å². The van der Waals surface area contributed by atoms with Crippen LogP contribution in [0.3, 0.4) is 0 Å². The van der Waals surface area contributed by atoms with E-state index in [0.29, 0.717) is 10.5 Å². The minimum Gasteiger partial charge on any atom is -0.249 e. The Morgan fingerprint density at radius 3 is 2.47 bits per heavy atom. The van der Waals surface area contributed by atoms with Gasteiger partial charge in [0, 0.05) is 5.25 Å². The van der Waals surface area contributed by atoms with Crippen molar-refractivity contribution in [3.8, 4) is 0 Å². The Hall–Kier alpha value is -0.900. The third-order valence-electron chi connectivity index (χ3n) is 3.47. The van der Waals surface area contributed by atoms with E-state index in [-0.39, 0.29) is 17.0 Å². The first-order valence-electron chi connectivity index (χ1n) is 6.00. The van der Waals surface area contributed by atoms with Crippen LogP contribution in [0.2, 0.25) is 0 Å². The minimum absolute atomic E-state index is 0.0770. The highest BCUT2D eigenvalue weighted by Gasteiger charge is 2.29. The predicted molar refractivity (Wildman–Crippen MR) is 67.3 cm³/mol. The maximum atomic E-state index is 13.8. The van der Waals surface area contributed by atoms with Gasteiger partial charge in [0.25, 0.3) is 0 Å². The Kier molecular flexibility index (Phi) is 3.25. The number of benzene rings is 1. The maximum Gasteiger partial charge on any atom is 0.127 e. The molecule has 0 aromatic heterocycles. The quantitative estimate of drug-likeness (QED) is 0.874. The highest BCUT2D eigenvalue weighted by molar-refractivity contribution is 7.93. The molecule has 0 radical (unpaired) electrons. The van der Waals surface area contributed by atoms with Gasteiger partial charge in [-0.25, -0.2) is 13.4 Å². The molecule has 0 amide bonds. The Labute approximate surface area is 102 Å². The summed E-state index contributed by atoms with van der Waals surface area (Å²) in [6.07, 6.45) is 2.69. The summed E-state index contributed by atoms with van der Waals surface area (Å²) in [6.45, 7) is 3.84. The van der Waals surface area contributed by atoms with Gasteiger partial charge in [-0.15, -0.1) is 0 Å². The van der Waals surface area contributed by atoms with E-state index in [4.69, 9.17) is 4.78 Å². The van der Waals surface area contributed by atoms with Gasteiger partial charge in [0.05, 0.1) is 14.6 Å². The lowest BCUT2D eigenvalue weighted by Crippen LogP contribution is -2.27. The summed E-state index contributed by atoms with van der Waals surface area (Å²) in [5.74, 6) is -0.230. The summed E-state index contributed by atoms with van der Waals surface area (Å²) in [7, 11) is -2.81. The summed E-state index contributed by atoms with van der Waals surface area (Å²) >= 11 is 0. The van der Waals surface area contributed by atoms with E-state index < -0.39 is 9.73 Å². The van der Waals surface area contributed by atoms with Crippen LogP contribution >= 0.6 is 0 Å². The zero-order chi connectivity index (χ0) is 12.6. The number of hydrogen-bond acceptors (Lipinski definition) is 2. The molecule has 1 fully saturated rings. The van der Waals surface area contributed by atoms with Gasteiger partial charge in [0.2, 0.25) is 0 Å². The van der Waals surface area contributed by atoms with Gasteiger partial charge in [-0.1, -0.05) is 26.3 Å². The van der Waals surface area contributed by atoms with E-state index in [0.717, 1.165) is 19.3 Å². The van der Waals surface area contributed by atoms with Crippen LogP contribution in [-0.2, 0) is 9.73 Å². The van der Waals surface area contributed by atoms with Crippen LogP contribution in [0.25, 0.3) is 0 Å². The van der Waals surface area contributed by atoms with E-state index in [1.54, 1.807) is 12.1 Å². The van der Waals surface area contributed by atoms with Gasteiger partial charge in [-0.05, 0) is 36.5 Å². The number of rotatable bonds is 3. The number of halogens is 1. The predicted octanol–water partition coefficient (Wildman–Crippen LogP) is 3.91. The van der Waals surface area contributed by atoms with E-state index in [9.17, 15) is 8.60 Å². The number of nitrogens with one attached hydrogen (secondary N) is 1. The molecule has 0 spiro atoms. The van der Waals surface area contributed by atoms with E-state index >= 15 is 0 Å². The second kappa shape index (κ2) is 4.41. The van der Waals surface area contributed by atoms with Crippen LogP contribution in [0.1, 0.15) is 44.6 Å². The molecule has 1 aromatic carbocycles. The minimum atomic E-state index is -2.81. The molecule has 1 saturated carbocycles. The van der Waals surface area contributed by atoms with Crippen LogP contribution in [0.15, 0.2) is 23.1 Å². The Morgan fingerprint density at radius 2 is 2.06 bits per heavy atom. The second-order valence-corrected chi connectivity index (χ2v) is 7.33. The highest BCUT2D eigenvalue weighted by atomic mass is 32.2. The molecule has 1 aliphatic rings. The molecular formula is C13H18FNOS. The summed E-state index contributed by atoms with van der Waals surface area (Å²) < 4.78 is 34.1. The maximum absolute atomic E-state index is 13.8. The van der Waals surface area contributed by atoms with Crippen molar-refractivity contribution < 1.29 is 8.60 Å². The molecule has 1 unspecified atom stereocenters. The van der Waals surface area contributed by atoms with E-state index in [2.05, 4.69) is 0 Å². The van der Waals surface area contributed by atoms with Crippen LogP contribution in [0.5, 0.6) is 0 Å². The molecular weight excluding hydrogens is 237 g/mol. The van der Waals surface area contributed by atoms with Crippen molar-refractivity contribution in [1.82, 2.24) is 0 Å². The zero-order valence-corrected chi connectivity index (χ0v) is 11.0. The first-order valence-corrected chi connectivity index (χ1v) is 7.62. The first-order chi connectivity index (χ1) is 7.93.